The van der Waals surface area contributed by atoms with Crippen LogP contribution >= 0.6 is 23.1 Å². The van der Waals surface area contributed by atoms with Crippen molar-refractivity contribution in [3.63, 3.8) is 0 Å². The minimum absolute atomic E-state index is 0. The second-order valence-electron chi connectivity index (χ2n) is 5.71. The van der Waals surface area contributed by atoms with Crippen LogP contribution in [0.5, 0.6) is 5.75 Å². The summed E-state index contributed by atoms with van der Waals surface area (Å²) in [5, 5.41) is 14.6. The maximum absolute atomic E-state index is 11.4. The first kappa shape index (κ1) is 17.8. The predicted octanol–water partition coefficient (Wildman–Crippen LogP) is -0.0686. The lowest BCUT2D eigenvalue weighted by molar-refractivity contribution is -0.655. The summed E-state index contributed by atoms with van der Waals surface area (Å²) in [5.41, 5.74) is 0.157. The standard InChI is InChI=1S/C17H19N2O2S2.BrH/c1-21-14-7-5-13(6-8-14)18-12-17(20,15-4-2-10-22-15)19-9-3-11-23-16(18)19;/h2,4-8,10,20H,3,9,11-12H2,1H3;1H/q+1;/p-1. The average molecular weight is 427 g/mol. The number of hydrogen-bond donors (Lipinski definition) is 1. The molecule has 0 amide bonds. The molecule has 128 valence electrons. The molecule has 24 heavy (non-hydrogen) atoms. The van der Waals surface area contributed by atoms with Gasteiger partial charge in [0.1, 0.15) is 11.4 Å². The quantitative estimate of drug-likeness (QED) is 0.696. The Morgan fingerprint density at radius 2 is 2.04 bits per heavy atom. The van der Waals surface area contributed by atoms with Crippen LogP contribution in [0.15, 0.2) is 41.8 Å². The first-order valence-corrected chi connectivity index (χ1v) is 9.54. The van der Waals surface area contributed by atoms with E-state index in [1.807, 2.05) is 41.4 Å². The molecule has 1 atom stereocenters. The van der Waals surface area contributed by atoms with Crippen molar-refractivity contribution < 1.29 is 31.4 Å². The summed E-state index contributed by atoms with van der Waals surface area (Å²) in [6, 6.07) is 12.1. The topological polar surface area (TPSA) is 35.7 Å². The third kappa shape index (κ3) is 2.87. The molecular weight excluding hydrogens is 408 g/mol. The Morgan fingerprint density at radius 3 is 2.71 bits per heavy atom. The number of ether oxygens (including phenoxy) is 1. The Bertz CT molecular complexity index is 734. The Hall–Kier alpha value is -1.02. The molecule has 0 saturated carbocycles. The molecule has 0 fully saturated rings. The summed E-state index contributed by atoms with van der Waals surface area (Å²) in [7, 11) is 1.67. The normalized spacial score (nSPS) is 23.0. The van der Waals surface area contributed by atoms with Gasteiger partial charge in [0.15, 0.2) is 6.54 Å². The maximum atomic E-state index is 11.4. The van der Waals surface area contributed by atoms with Gasteiger partial charge in [-0.2, -0.15) is 0 Å². The van der Waals surface area contributed by atoms with E-state index in [1.165, 1.54) is 0 Å². The molecule has 1 unspecified atom stereocenters. The lowest BCUT2D eigenvalue weighted by Gasteiger charge is -2.22. The summed E-state index contributed by atoms with van der Waals surface area (Å²) in [4.78, 5) is 3.23. The molecule has 1 aromatic carbocycles. The highest BCUT2D eigenvalue weighted by Gasteiger charge is 2.53. The van der Waals surface area contributed by atoms with Crippen molar-refractivity contribution in [3.8, 4) is 5.75 Å². The molecule has 3 heterocycles. The van der Waals surface area contributed by atoms with Crippen LogP contribution in [0.4, 0.5) is 5.69 Å². The second-order valence-corrected chi connectivity index (χ2v) is 7.72. The van der Waals surface area contributed by atoms with Gasteiger partial charge in [0.05, 0.1) is 18.5 Å². The van der Waals surface area contributed by atoms with Crippen molar-refractivity contribution in [2.75, 3.05) is 30.9 Å². The van der Waals surface area contributed by atoms with E-state index in [1.54, 1.807) is 18.4 Å². The molecule has 0 saturated heterocycles. The van der Waals surface area contributed by atoms with Gasteiger partial charge in [-0.15, -0.1) is 11.3 Å². The van der Waals surface area contributed by atoms with Gasteiger partial charge in [0, 0.05) is 5.75 Å². The van der Waals surface area contributed by atoms with Crippen molar-refractivity contribution in [1.29, 1.82) is 0 Å². The lowest BCUT2D eigenvalue weighted by Crippen LogP contribution is -3.00. The number of β-amino-alcohol motifs (C(OH)–C–C–N with tert-alkyl or cyclic N) is 1. The number of nitrogens with zero attached hydrogens (tertiary/aromatic N) is 2. The van der Waals surface area contributed by atoms with Crippen LogP contribution in [0.2, 0.25) is 0 Å². The minimum Gasteiger partial charge on any atom is -1.00 e. The van der Waals surface area contributed by atoms with Crippen LogP contribution in [-0.2, 0) is 5.72 Å². The molecule has 2 aliphatic heterocycles. The van der Waals surface area contributed by atoms with Crippen LogP contribution in [0.1, 0.15) is 11.3 Å². The summed E-state index contributed by atoms with van der Waals surface area (Å²) in [6.07, 6.45) is 1.10. The van der Waals surface area contributed by atoms with Gasteiger partial charge in [-0.05, 0) is 53.9 Å². The van der Waals surface area contributed by atoms with E-state index < -0.39 is 5.72 Å². The number of anilines is 1. The highest BCUT2D eigenvalue weighted by atomic mass is 79.9. The minimum atomic E-state index is -0.934. The van der Waals surface area contributed by atoms with Gasteiger partial charge < -0.3 is 26.8 Å². The molecule has 0 aliphatic carbocycles. The van der Waals surface area contributed by atoms with Crippen LogP contribution in [-0.4, -0.2) is 40.8 Å². The maximum Gasteiger partial charge on any atom is 0.316 e. The Balaban J connectivity index is 0.00000169. The number of aliphatic hydroxyl groups is 1. The van der Waals surface area contributed by atoms with Gasteiger partial charge in [0.25, 0.3) is 5.72 Å². The number of thiophene rings is 1. The van der Waals surface area contributed by atoms with E-state index in [9.17, 15) is 5.11 Å². The number of hydrogen-bond acceptors (Lipinski definition) is 5. The third-order valence-corrected chi connectivity index (χ3v) is 6.55. The summed E-state index contributed by atoms with van der Waals surface area (Å²) in [5.74, 6) is 1.94. The monoisotopic (exact) mass is 426 g/mol. The van der Waals surface area contributed by atoms with E-state index in [-0.39, 0.29) is 17.0 Å². The molecule has 4 rings (SSSR count). The fourth-order valence-corrected chi connectivity index (χ4v) is 5.19. The average Bonchev–Trinajstić information content (AvgIpc) is 3.23. The van der Waals surface area contributed by atoms with Gasteiger partial charge in [-0.3, -0.25) is 0 Å². The van der Waals surface area contributed by atoms with Crippen LogP contribution in [0.3, 0.4) is 0 Å². The van der Waals surface area contributed by atoms with Crippen LogP contribution < -0.4 is 26.6 Å². The number of rotatable bonds is 3. The zero-order valence-corrected chi connectivity index (χ0v) is 16.5. The molecule has 2 aromatic rings. The van der Waals surface area contributed by atoms with Crippen LogP contribution in [0, 0.1) is 0 Å². The molecule has 0 radical (unpaired) electrons. The number of halogens is 1. The highest BCUT2D eigenvalue weighted by Crippen LogP contribution is 2.39. The summed E-state index contributed by atoms with van der Waals surface area (Å²) < 4.78 is 7.41. The first-order chi connectivity index (χ1) is 11.2. The van der Waals surface area contributed by atoms with Gasteiger partial charge >= 0.3 is 5.17 Å². The molecule has 1 N–H and O–H groups in total. The Kier molecular flexibility index (Phi) is 5.24. The Labute approximate surface area is 160 Å². The zero-order valence-electron chi connectivity index (χ0n) is 13.3. The largest absolute Gasteiger partial charge is 1.00 e. The zero-order chi connectivity index (χ0) is 15.9. The Morgan fingerprint density at radius 1 is 1.25 bits per heavy atom. The van der Waals surface area contributed by atoms with Gasteiger partial charge in [-0.25, -0.2) is 9.48 Å². The number of thioether (sulfide) groups is 1. The van der Waals surface area contributed by atoms with Gasteiger partial charge in [0.2, 0.25) is 0 Å². The van der Waals surface area contributed by atoms with Crippen molar-refractivity contribution in [2.45, 2.75) is 12.1 Å². The number of methoxy groups -OCH3 is 1. The molecular formula is C17H19BrN2O2S2. The molecule has 0 bridgehead atoms. The fraction of sp³-hybridized carbons (Fsp3) is 0.353. The van der Waals surface area contributed by atoms with E-state index in [2.05, 4.69) is 21.6 Å². The molecule has 0 spiro atoms. The van der Waals surface area contributed by atoms with Crippen molar-refractivity contribution in [2.24, 2.45) is 0 Å². The lowest BCUT2D eigenvalue weighted by atomic mass is 10.1. The third-order valence-electron chi connectivity index (χ3n) is 4.34. The summed E-state index contributed by atoms with van der Waals surface area (Å²) in [6.45, 7) is 1.45. The predicted molar refractivity (Wildman–Crippen MR) is 95.8 cm³/mol. The summed E-state index contributed by atoms with van der Waals surface area (Å²) >= 11 is 3.45. The van der Waals surface area contributed by atoms with Crippen molar-refractivity contribution in [3.05, 3.63) is 46.7 Å². The van der Waals surface area contributed by atoms with E-state index in [0.717, 1.165) is 40.2 Å². The van der Waals surface area contributed by atoms with E-state index in [4.69, 9.17) is 4.74 Å². The van der Waals surface area contributed by atoms with Crippen LogP contribution in [0.25, 0.3) is 0 Å². The van der Waals surface area contributed by atoms with Gasteiger partial charge in [-0.1, -0.05) is 6.07 Å². The molecule has 1 aromatic heterocycles. The van der Waals surface area contributed by atoms with Crippen molar-refractivity contribution >= 4 is 34.0 Å². The highest BCUT2D eigenvalue weighted by molar-refractivity contribution is 8.13. The van der Waals surface area contributed by atoms with E-state index in [0.29, 0.717) is 6.54 Å². The second kappa shape index (κ2) is 7.07. The van der Waals surface area contributed by atoms with Crippen molar-refractivity contribution in [1.82, 2.24) is 0 Å². The molecule has 7 heteroatoms. The SMILES string of the molecule is COc1ccc(N2CC(O)(c3cccs3)[N+]3=C2SCCC3)cc1.[Br-]. The number of benzene rings is 1. The number of amidine groups is 1. The molecule has 4 nitrogen and oxygen atoms in total. The first-order valence-electron chi connectivity index (χ1n) is 7.68. The molecule has 2 aliphatic rings. The fourth-order valence-electron chi connectivity index (χ4n) is 3.18. The smallest absolute Gasteiger partial charge is 0.316 e. The van der Waals surface area contributed by atoms with E-state index >= 15 is 0 Å².